The van der Waals surface area contributed by atoms with E-state index in [1.54, 1.807) is 17.0 Å². The van der Waals surface area contributed by atoms with Crippen LogP contribution in [0.2, 0.25) is 0 Å². The number of nitrogens with zero attached hydrogens (tertiary/aromatic N) is 1. The van der Waals surface area contributed by atoms with Crippen molar-refractivity contribution in [1.82, 2.24) is 5.32 Å². The highest BCUT2D eigenvalue weighted by molar-refractivity contribution is 5.96. The van der Waals surface area contributed by atoms with E-state index in [1.165, 1.54) is 12.1 Å². The summed E-state index contributed by atoms with van der Waals surface area (Å²) in [5, 5.41) is 2.89. The first kappa shape index (κ1) is 15.2. The summed E-state index contributed by atoms with van der Waals surface area (Å²) in [5.74, 6) is -0.510. The zero-order valence-electron chi connectivity index (χ0n) is 12.5. The Bertz CT molecular complexity index is 701. The molecule has 0 bridgehead atoms. The van der Waals surface area contributed by atoms with Gasteiger partial charge in [-0.15, -0.1) is 0 Å². The first-order chi connectivity index (χ1) is 11.1. The summed E-state index contributed by atoms with van der Waals surface area (Å²) < 4.78 is 13.0. The molecule has 0 radical (unpaired) electrons. The Morgan fingerprint density at radius 3 is 2.52 bits per heavy atom. The zero-order valence-corrected chi connectivity index (χ0v) is 12.5. The lowest BCUT2D eigenvalue weighted by Gasteiger charge is -2.17. The van der Waals surface area contributed by atoms with Gasteiger partial charge < -0.3 is 10.2 Å². The van der Waals surface area contributed by atoms with Gasteiger partial charge in [-0.05, 0) is 29.8 Å². The Morgan fingerprint density at radius 1 is 1.13 bits per heavy atom. The summed E-state index contributed by atoms with van der Waals surface area (Å²) in [5.41, 5.74) is 1.58. The van der Waals surface area contributed by atoms with Crippen LogP contribution in [0, 0.1) is 5.82 Å². The lowest BCUT2D eigenvalue weighted by Crippen LogP contribution is -2.38. The fraction of sp³-hybridized carbons (Fsp3) is 0.222. The molecule has 0 aromatic heterocycles. The Kier molecular flexibility index (Phi) is 4.37. The van der Waals surface area contributed by atoms with Crippen LogP contribution in [0.3, 0.4) is 0 Å². The van der Waals surface area contributed by atoms with E-state index >= 15 is 0 Å². The van der Waals surface area contributed by atoms with E-state index in [0.29, 0.717) is 18.7 Å². The van der Waals surface area contributed by atoms with E-state index in [9.17, 15) is 14.0 Å². The second-order valence-electron chi connectivity index (χ2n) is 5.61. The maximum atomic E-state index is 13.0. The molecule has 1 aliphatic rings. The van der Waals surface area contributed by atoms with Crippen molar-refractivity contribution in [2.24, 2.45) is 0 Å². The van der Waals surface area contributed by atoms with Crippen molar-refractivity contribution < 1.29 is 14.0 Å². The molecule has 1 heterocycles. The van der Waals surface area contributed by atoms with Crippen LogP contribution in [0.4, 0.5) is 10.1 Å². The minimum absolute atomic E-state index is 0.0679. The van der Waals surface area contributed by atoms with Gasteiger partial charge in [-0.2, -0.15) is 0 Å². The van der Waals surface area contributed by atoms with Gasteiger partial charge in [0.25, 0.3) is 0 Å². The highest BCUT2D eigenvalue weighted by atomic mass is 19.1. The van der Waals surface area contributed by atoms with Crippen LogP contribution in [0.15, 0.2) is 54.6 Å². The molecule has 3 rings (SSSR count). The monoisotopic (exact) mass is 312 g/mol. The molecule has 2 aromatic rings. The van der Waals surface area contributed by atoms with Crippen molar-refractivity contribution in [2.45, 2.75) is 18.9 Å². The first-order valence-electron chi connectivity index (χ1n) is 7.51. The predicted molar refractivity (Wildman–Crippen MR) is 85.4 cm³/mol. The van der Waals surface area contributed by atoms with Crippen molar-refractivity contribution in [1.29, 1.82) is 0 Å². The third-order valence-electron chi connectivity index (χ3n) is 3.84. The fourth-order valence-electron chi connectivity index (χ4n) is 2.73. The van der Waals surface area contributed by atoms with Crippen molar-refractivity contribution in [2.75, 3.05) is 11.4 Å². The lowest BCUT2D eigenvalue weighted by atomic mass is 10.1. The van der Waals surface area contributed by atoms with E-state index in [0.717, 1.165) is 5.56 Å². The van der Waals surface area contributed by atoms with Gasteiger partial charge in [0.15, 0.2) is 0 Å². The van der Waals surface area contributed by atoms with Gasteiger partial charge in [-0.3, -0.25) is 9.59 Å². The number of carbonyl (C=O) groups is 2. The largest absolute Gasteiger partial charge is 0.351 e. The molecule has 0 saturated carbocycles. The zero-order chi connectivity index (χ0) is 16.2. The molecule has 1 atom stereocenters. The normalized spacial score (nSPS) is 17.3. The van der Waals surface area contributed by atoms with E-state index in [1.807, 2.05) is 30.3 Å². The molecule has 1 fully saturated rings. The highest BCUT2D eigenvalue weighted by Gasteiger charge is 2.31. The standard InChI is InChI=1S/C18H17FN2O2/c19-14-6-8-16(9-7-14)21-12-15(11-18(21)23)20-17(22)10-13-4-2-1-3-5-13/h1-9,15H,10-12H2,(H,20,22)/t15-/m1/s1. The quantitative estimate of drug-likeness (QED) is 0.942. The van der Waals surface area contributed by atoms with Gasteiger partial charge in [-0.1, -0.05) is 30.3 Å². The minimum atomic E-state index is -0.340. The number of hydrogen-bond donors (Lipinski definition) is 1. The summed E-state index contributed by atoms with van der Waals surface area (Å²) in [7, 11) is 0. The highest BCUT2D eigenvalue weighted by Crippen LogP contribution is 2.21. The van der Waals surface area contributed by atoms with E-state index in [4.69, 9.17) is 0 Å². The van der Waals surface area contributed by atoms with Crippen molar-refractivity contribution in [3.63, 3.8) is 0 Å². The Hall–Kier alpha value is -2.69. The Balaban J connectivity index is 1.59. The Labute approximate surface area is 133 Å². The number of carbonyl (C=O) groups excluding carboxylic acids is 2. The van der Waals surface area contributed by atoms with Crippen molar-refractivity contribution >= 4 is 17.5 Å². The minimum Gasteiger partial charge on any atom is -0.351 e. The van der Waals surface area contributed by atoms with Gasteiger partial charge in [0.1, 0.15) is 5.82 Å². The van der Waals surface area contributed by atoms with Gasteiger partial charge >= 0.3 is 0 Å². The summed E-state index contributed by atoms with van der Waals surface area (Å²) in [6.45, 7) is 0.408. The number of halogens is 1. The van der Waals surface area contributed by atoms with Crippen LogP contribution >= 0.6 is 0 Å². The molecule has 5 heteroatoms. The Morgan fingerprint density at radius 2 is 1.83 bits per heavy atom. The molecule has 1 N–H and O–H groups in total. The van der Waals surface area contributed by atoms with Crippen LogP contribution in [-0.2, 0) is 16.0 Å². The van der Waals surface area contributed by atoms with Crippen LogP contribution in [0.1, 0.15) is 12.0 Å². The summed E-state index contributed by atoms with van der Waals surface area (Å²) in [6.07, 6.45) is 0.556. The lowest BCUT2D eigenvalue weighted by molar-refractivity contribution is -0.121. The average molecular weight is 312 g/mol. The molecule has 2 amide bonds. The molecule has 1 saturated heterocycles. The second kappa shape index (κ2) is 6.60. The summed E-state index contributed by atoms with van der Waals surface area (Å²) in [4.78, 5) is 25.7. The van der Waals surface area contributed by atoms with Crippen LogP contribution in [0.25, 0.3) is 0 Å². The van der Waals surface area contributed by atoms with Gasteiger partial charge in [0.2, 0.25) is 11.8 Å². The van der Waals surface area contributed by atoms with Gasteiger partial charge in [0.05, 0.1) is 12.5 Å². The third kappa shape index (κ3) is 3.74. The summed E-state index contributed by atoms with van der Waals surface area (Å²) in [6, 6.07) is 15.0. The van der Waals surface area contributed by atoms with Crippen molar-refractivity contribution in [3.05, 3.63) is 66.0 Å². The van der Waals surface area contributed by atoms with E-state index in [2.05, 4.69) is 5.32 Å². The SMILES string of the molecule is O=C(Cc1ccccc1)N[C@@H]1CC(=O)N(c2ccc(F)cc2)C1. The fourth-order valence-corrected chi connectivity index (χ4v) is 2.73. The van der Waals surface area contributed by atoms with Gasteiger partial charge in [-0.25, -0.2) is 4.39 Å². The van der Waals surface area contributed by atoms with Gasteiger partial charge in [0, 0.05) is 18.7 Å². The molecule has 118 valence electrons. The number of hydrogen-bond acceptors (Lipinski definition) is 2. The molecular weight excluding hydrogens is 295 g/mol. The molecular formula is C18H17FN2O2. The van der Waals surface area contributed by atoms with Crippen LogP contribution in [0.5, 0.6) is 0 Å². The van der Waals surface area contributed by atoms with Crippen molar-refractivity contribution in [3.8, 4) is 0 Å². The molecule has 0 aliphatic carbocycles. The molecule has 1 aliphatic heterocycles. The number of benzene rings is 2. The molecule has 4 nitrogen and oxygen atoms in total. The third-order valence-corrected chi connectivity index (χ3v) is 3.84. The number of anilines is 1. The molecule has 23 heavy (non-hydrogen) atoms. The summed E-state index contributed by atoms with van der Waals surface area (Å²) >= 11 is 0. The average Bonchev–Trinajstić information content (AvgIpc) is 2.89. The number of nitrogens with one attached hydrogen (secondary N) is 1. The van der Waals surface area contributed by atoms with E-state index in [-0.39, 0.29) is 30.1 Å². The smallest absolute Gasteiger partial charge is 0.229 e. The molecule has 0 unspecified atom stereocenters. The molecule has 0 spiro atoms. The first-order valence-corrected chi connectivity index (χ1v) is 7.51. The number of rotatable bonds is 4. The van der Waals surface area contributed by atoms with E-state index < -0.39 is 0 Å². The predicted octanol–water partition coefficient (Wildman–Crippen LogP) is 2.29. The molecule has 2 aromatic carbocycles. The van der Waals surface area contributed by atoms with Crippen LogP contribution in [-0.4, -0.2) is 24.4 Å². The second-order valence-corrected chi connectivity index (χ2v) is 5.61. The number of amides is 2. The maximum Gasteiger partial charge on any atom is 0.229 e. The topological polar surface area (TPSA) is 49.4 Å². The van der Waals surface area contributed by atoms with Crippen LogP contribution < -0.4 is 10.2 Å². The maximum absolute atomic E-state index is 13.0.